The van der Waals surface area contributed by atoms with Crippen LogP contribution in [-0.4, -0.2) is 13.7 Å². The lowest BCUT2D eigenvalue weighted by molar-refractivity contribution is 0.215. The van der Waals surface area contributed by atoms with Gasteiger partial charge in [0, 0.05) is 13.7 Å². The van der Waals surface area contributed by atoms with Gasteiger partial charge < -0.3 is 4.74 Å². The molecule has 1 nitrogen and oxygen atoms in total. The minimum Gasteiger partial charge on any atom is -0.385 e. The summed E-state index contributed by atoms with van der Waals surface area (Å²) in [7, 11) is 1.68. The third-order valence-corrected chi connectivity index (χ3v) is 1.54. The van der Waals surface area contributed by atoms with E-state index < -0.39 is 0 Å². The molecule has 1 heteroatoms. The van der Waals surface area contributed by atoms with E-state index >= 15 is 0 Å². The molecule has 0 saturated heterocycles. The lowest BCUT2D eigenvalue weighted by Crippen LogP contribution is -1.73. The molecule has 0 aliphatic heterocycles. The number of aryl methyl sites for hydroxylation is 1. The summed E-state index contributed by atoms with van der Waals surface area (Å²) in [6.45, 7) is 9.19. The van der Waals surface area contributed by atoms with Gasteiger partial charge in [0.15, 0.2) is 0 Å². The molecule has 0 heterocycles. The van der Waals surface area contributed by atoms with Crippen LogP contribution in [0.3, 0.4) is 0 Å². The van der Waals surface area contributed by atoms with Gasteiger partial charge in [0.25, 0.3) is 0 Å². The lowest BCUT2D eigenvalue weighted by Gasteiger charge is -1.89. The van der Waals surface area contributed by atoms with Crippen molar-refractivity contribution < 1.29 is 4.74 Å². The van der Waals surface area contributed by atoms with E-state index in [1.165, 1.54) is 12.0 Å². The van der Waals surface area contributed by atoms with Crippen molar-refractivity contribution >= 4 is 0 Å². The Morgan fingerprint density at radius 2 is 1.33 bits per heavy atom. The van der Waals surface area contributed by atoms with Crippen molar-refractivity contribution in [2.45, 2.75) is 40.5 Å². The number of benzene rings is 1. The molecule has 1 aromatic carbocycles. The highest BCUT2D eigenvalue weighted by Gasteiger charge is 1.79. The van der Waals surface area contributed by atoms with Gasteiger partial charge in [-0.25, -0.2) is 0 Å². The molecule has 88 valence electrons. The second kappa shape index (κ2) is 15.6. The average molecular weight is 210 g/mol. The summed E-state index contributed by atoms with van der Waals surface area (Å²) in [6, 6.07) is 10.5. The van der Waals surface area contributed by atoms with E-state index in [-0.39, 0.29) is 0 Å². The molecule has 15 heavy (non-hydrogen) atoms. The fraction of sp³-hybridized carbons (Fsp3) is 0.571. The van der Waals surface area contributed by atoms with E-state index in [9.17, 15) is 0 Å². The minimum absolute atomic E-state index is 0.819. The number of ether oxygens (including phenoxy) is 1. The third-order valence-electron chi connectivity index (χ3n) is 1.54. The first-order valence-electron chi connectivity index (χ1n) is 5.79. The molecule has 0 atom stereocenters. The van der Waals surface area contributed by atoms with Crippen LogP contribution in [0.4, 0.5) is 0 Å². The zero-order chi connectivity index (χ0) is 11.9. The topological polar surface area (TPSA) is 9.23 Å². The Morgan fingerprint density at radius 3 is 1.53 bits per heavy atom. The molecule has 1 rings (SSSR count). The van der Waals surface area contributed by atoms with Crippen molar-refractivity contribution in [2.24, 2.45) is 0 Å². The van der Waals surface area contributed by atoms with E-state index in [2.05, 4.69) is 49.8 Å². The molecule has 0 bridgehead atoms. The predicted molar refractivity (Wildman–Crippen MR) is 69.3 cm³/mol. The summed E-state index contributed by atoms with van der Waals surface area (Å²) >= 11 is 0. The second-order valence-electron chi connectivity index (χ2n) is 3.12. The monoisotopic (exact) mass is 210 g/mol. The van der Waals surface area contributed by atoms with Crippen LogP contribution in [0.2, 0.25) is 0 Å². The molecule has 0 unspecified atom stereocenters. The fourth-order valence-corrected chi connectivity index (χ4v) is 0.714. The first-order valence-corrected chi connectivity index (χ1v) is 5.79. The van der Waals surface area contributed by atoms with Crippen LogP contribution in [0, 0.1) is 0 Å². The minimum atomic E-state index is 0.819. The zero-order valence-electron chi connectivity index (χ0n) is 10.9. The van der Waals surface area contributed by atoms with Crippen LogP contribution in [0.25, 0.3) is 0 Å². The van der Waals surface area contributed by atoms with Crippen LogP contribution >= 0.6 is 0 Å². The highest BCUT2D eigenvalue weighted by Crippen LogP contribution is 1.96. The SMILES string of the molecule is CCC.CCOC.CCc1ccccc1. The smallest absolute Gasteiger partial charge is 0.0433 e. The Hall–Kier alpha value is -0.820. The van der Waals surface area contributed by atoms with Crippen LogP contribution in [0.15, 0.2) is 30.3 Å². The third kappa shape index (κ3) is 15.9. The summed E-state index contributed by atoms with van der Waals surface area (Å²) in [6.07, 6.45) is 2.39. The standard InChI is InChI=1S/C8H10.C3H8O.C3H8/c1-2-8-6-4-3-5-7-8;1-3-4-2;1-3-2/h3-7H,2H2,1H3;3H2,1-2H3;3H2,1-2H3. The predicted octanol–water partition coefficient (Wildman–Crippen LogP) is 4.32. The van der Waals surface area contributed by atoms with Crippen LogP contribution < -0.4 is 0 Å². The average Bonchev–Trinajstić information content (AvgIpc) is 2.31. The Labute approximate surface area is 95.5 Å². The number of hydrogen-bond acceptors (Lipinski definition) is 1. The van der Waals surface area contributed by atoms with Gasteiger partial charge in [-0.3, -0.25) is 0 Å². The van der Waals surface area contributed by atoms with E-state index in [1.807, 2.05) is 13.0 Å². The van der Waals surface area contributed by atoms with E-state index in [0.29, 0.717) is 0 Å². The first-order chi connectivity index (χ1) is 7.26. The maximum absolute atomic E-state index is 4.54. The number of rotatable bonds is 2. The number of hydrogen-bond donors (Lipinski definition) is 0. The molecule has 1 aromatic rings. The van der Waals surface area contributed by atoms with Crippen molar-refractivity contribution in [3.05, 3.63) is 35.9 Å². The Morgan fingerprint density at radius 1 is 0.933 bits per heavy atom. The molecule has 0 spiro atoms. The quantitative estimate of drug-likeness (QED) is 0.706. The van der Waals surface area contributed by atoms with Crippen LogP contribution in [-0.2, 0) is 11.2 Å². The summed E-state index contributed by atoms with van der Waals surface area (Å²) in [5.74, 6) is 0. The van der Waals surface area contributed by atoms with Crippen LogP contribution in [0.1, 0.15) is 39.7 Å². The maximum atomic E-state index is 4.54. The van der Waals surface area contributed by atoms with Gasteiger partial charge in [-0.2, -0.15) is 0 Å². The molecule has 0 aliphatic rings. The summed E-state index contributed by atoms with van der Waals surface area (Å²) in [5.41, 5.74) is 1.41. The molecular formula is C14H26O. The van der Waals surface area contributed by atoms with Crippen LogP contribution in [0.5, 0.6) is 0 Å². The van der Waals surface area contributed by atoms with Gasteiger partial charge in [-0.1, -0.05) is 57.5 Å². The number of methoxy groups -OCH3 is 1. The largest absolute Gasteiger partial charge is 0.385 e. The van der Waals surface area contributed by atoms with Gasteiger partial charge in [0.05, 0.1) is 0 Å². The van der Waals surface area contributed by atoms with Gasteiger partial charge in [-0.05, 0) is 18.9 Å². The zero-order valence-corrected chi connectivity index (χ0v) is 10.9. The highest BCUT2D eigenvalue weighted by atomic mass is 16.5. The molecule has 0 aromatic heterocycles. The fourth-order valence-electron chi connectivity index (χ4n) is 0.714. The summed E-state index contributed by atoms with van der Waals surface area (Å²) in [4.78, 5) is 0. The van der Waals surface area contributed by atoms with Crippen molar-refractivity contribution in [3.8, 4) is 0 Å². The van der Waals surface area contributed by atoms with Crippen molar-refractivity contribution in [1.29, 1.82) is 0 Å². The molecule has 0 radical (unpaired) electrons. The summed E-state index contributed by atoms with van der Waals surface area (Å²) in [5, 5.41) is 0. The van der Waals surface area contributed by atoms with Crippen molar-refractivity contribution in [1.82, 2.24) is 0 Å². The molecule has 0 amide bonds. The van der Waals surface area contributed by atoms with Gasteiger partial charge in [0.2, 0.25) is 0 Å². The Bertz CT molecular complexity index is 180. The maximum Gasteiger partial charge on any atom is 0.0433 e. The lowest BCUT2D eigenvalue weighted by atomic mass is 10.2. The molecule has 0 N–H and O–H groups in total. The Kier molecular flexibility index (Phi) is 17.3. The van der Waals surface area contributed by atoms with Gasteiger partial charge >= 0.3 is 0 Å². The second-order valence-corrected chi connectivity index (χ2v) is 3.12. The molecule has 0 aliphatic carbocycles. The van der Waals surface area contributed by atoms with Crippen molar-refractivity contribution in [2.75, 3.05) is 13.7 Å². The first kappa shape index (κ1) is 16.6. The van der Waals surface area contributed by atoms with Gasteiger partial charge in [0.1, 0.15) is 0 Å². The van der Waals surface area contributed by atoms with E-state index in [1.54, 1.807) is 7.11 Å². The van der Waals surface area contributed by atoms with E-state index in [0.717, 1.165) is 13.0 Å². The van der Waals surface area contributed by atoms with E-state index in [4.69, 9.17) is 0 Å². The van der Waals surface area contributed by atoms with Crippen molar-refractivity contribution in [3.63, 3.8) is 0 Å². The normalized spacial score (nSPS) is 8.07. The Balaban J connectivity index is 0. The molecular weight excluding hydrogens is 184 g/mol. The van der Waals surface area contributed by atoms with Gasteiger partial charge in [-0.15, -0.1) is 0 Å². The summed E-state index contributed by atoms with van der Waals surface area (Å²) < 4.78 is 4.54. The molecule has 0 fully saturated rings. The highest BCUT2D eigenvalue weighted by molar-refractivity contribution is 5.13. The molecule has 0 saturated carbocycles.